The molecule has 228 valence electrons. The quantitative estimate of drug-likeness (QED) is 0.476. The van der Waals surface area contributed by atoms with Crippen molar-refractivity contribution in [1.29, 1.82) is 5.26 Å². The zero-order valence-corrected chi connectivity index (χ0v) is 24.8. The highest BCUT2D eigenvalue weighted by atomic mass is 32.2. The number of thioether (sulfide) groups is 1. The Morgan fingerprint density at radius 2 is 2.00 bits per heavy atom. The predicted octanol–water partition coefficient (Wildman–Crippen LogP) is 3.02. The monoisotopic (exact) mass is 618 g/mol. The number of ether oxygens (including phenoxy) is 2. The number of aromatic nitrogens is 3. The number of hydrogen-bond donors (Lipinski definition) is 2. The van der Waals surface area contributed by atoms with Gasteiger partial charge in [-0.25, -0.2) is 8.78 Å². The maximum atomic E-state index is 16.7. The third kappa shape index (κ3) is 4.18. The fourth-order valence-electron chi connectivity index (χ4n) is 7.74. The molecule has 5 unspecified atom stereocenters. The van der Waals surface area contributed by atoms with E-state index in [-0.39, 0.29) is 33.2 Å². The minimum absolute atomic E-state index is 0.0315. The SMILES string of the molecule is N#CC1=C(N)SC2C(F)=CC=C(c3ncc4c(N5CC6CCC(C5)N6)nc(OCC5(CN6C[C@@H]7OCC76)CC5)nc4c3F)C12. The molecule has 0 radical (unpaired) electrons. The van der Waals surface area contributed by atoms with Crippen LogP contribution in [0.5, 0.6) is 6.01 Å². The summed E-state index contributed by atoms with van der Waals surface area (Å²) in [7, 11) is 0. The van der Waals surface area contributed by atoms with E-state index >= 15 is 4.39 Å². The molecule has 7 heterocycles. The molecule has 6 atom stereocenters. The Morgan fingerprint density at radius 3 is 2.68 bits per heavy atom. The molecule has 2 aliphatic carbocycles. The van der Waals surface area contributed by atoms with Crippen LogP contribution in [0.3, 0.4) is 0 Å². The number of nitrogens with zero attached hydrogens (tertiary/aromatic N) is 6. The number of piperazine rings is 1. The average molecular weight is 619 g/mol. The third-order valence-electron chi connectivity index (χ3n) is 10.5. The zero-order chi connectivity index (χ0) is 29.7. The summed E-state index contributed by atoms with van der Waals surface area (Å²) in [6.45, 7) is 4.70. The highest BCUT2D eigenvalue weighted by Gasteiger charge is 2.53. The Morgan fingerprint density at radius 1 is 1.18 bits per heavy atom. The molecule has 7 aliphatic rings. The highest BCUT2D eigenvalue weighted by Crippen LogP contribution is 2.52. The highest BCUT2D eigenvalue weighted by molar-refractivity contribution is 8.04. The van der Waals surface area contributed by atoms with Crippen LogP contribution in [0.15, 0.2) is 34.8 Å². The molecule has 3 N–H and O–H groups in total. The van der Waals surface area contributed by atoms with Crippen molar-refractivity contribution in [3.05, 3.63) is 46.3 Å². The van der Waals surface area contributed by atoms with Crippen molar-refractivity contribution in [2.24, 2.45) is 17.1 Å². The number of morpholine rings is 1. The molecule has 1 saturated carbocycles. The van der Waals surface area contributed by atoms with Gasteiger partial charge in [0.15, 0.2) is 5.82 Å². The van der Waals surface area contributed by atoms with Crippen molar-refractivity contribution in [1.82, 2.24) is 25.2 Å². The van der Waals surface area contributed by atoms with Gasteiger partial charge in [0.1, 0.15) is 22.9 Å². The molecule has 0 amide bonds. The summed E-state index contributed by atoms with van der Waals surface area (Å²) in [6.07, 6.45) is 9.13. The lowest BCUT2D eigenvalue weighted by molar-refractivity contribution is -0.218. The fraction of sp³-hybridized carbons (Fsp3) is 0.548. The lowest BCUT2D eigenvalue weighted by Crippen LogP contribution is -2.71. The summed E-state index contributed by atoms with van der Waals surface area (Å²) in [5, 5.41) is 13.5. The van der Waals surface area contributed by atoms with Gasteiger partial charge in [-0.15, -0.1) is 0 Å². The van der Waals surface area contributed by atoms with Crippen LogP contribution < -0.4 is 20.7 Å². The summed E-state index contributed by atoms with van der Waals surface area (Å²) in [6, 6.07) is 3.48. The number of nitriles is 1. The smallest absolute Gasteiger partial charge is 0.319 e. The Kier molecular flexibility index (Phi) is 6.05. The lowest BCUT2D eigenvalue weighted by atomic mass is 9.83. The van der Waals surface area contributed by atoms with Crippen molar-refractivity contribution in [3.63, 3.8) is 0 Å². The second-order valence-corrected chi connectivity index (χ2v) is 14.5. The minimum Gasteiger partial charge on any atom is -0.463 e. The topological polar surface area (TPSA) is 125 Å². The zero-order valence-electron chi connectivity index (χ0n) is 24.0. The van der Waals surface area contributed by atoms with E-state index in [1.165, 1.54) is 12.2 Å². The minimum atomic E-state index is -0.729. The van der Waals surface area contributed by atoms with E-state index in [1.54, 1.807) is 6.20 Å². The normalized spacial score (nSPS) is 33.2. The molecule has 10 nitrogen and oxygen atoms in total. The number of likely N-dealkylation sites (tertiary alicyclic amines) is 1. The van der Waals surface area contributed by atoms with Gasteiger partial charge in [-0.05, 0) is 37.3 Å². The van der Waals surface area contributed by atoms with Crippen LogP contribution >= 0.6 is 11.8 Å². The lowest BCUT2D eigenvalue weighted by Gasteiger charge is -2.55. The van der Waals surface area contributed by atoms with Crippen LogP contribution in [-0.4, -0.2) is 88.7 Å². The molecule has 2 bridgehead atoms. The predicted molar refractivity (Wildman–Crippen MR) is 161 cm³/mol. The summed E-state index contributed by atoms with van der Waals surface area (Å²) in [5.74, 6) is -1.16. The number of rotatable bonds is 7. The summed E-state index contributed by atoms with van der Waals surface area (Å²) in [5.41, 5.74) is 6.92. The van der Waals surface area contributed by atoms with E-state index < -0.39 is 22.8 Å². The number of fused-ring (bicyclic) bond motifs is 5. The molecule has 2 aromatic heterocycles. The second-order valence-electron chi connectivity index (χ2n) is 13.3. The van der Waals surface area contributed by atoms with Crippen LogP contribution in [0.2, 0.25) is 0 Å². The van der Waals surface area contributed by atoms with Gasteiger partial charge in [0, 0.05) is 55.8 Å². The van der Waals surface area contributed by atoms with Crippen molar-refractivity contribution in [2.75, 3.05) is 44.3 Å². The first-order valence-corrected chi connectivity index (χ1v) is 16.3. The Balaban J connectivity index is 1.09. The van der Waals surface area contributed by atoms with Gasteiger partial charge >= 0.3 is 6.01 Å². The Bertz CT molecular complexity index is 1710. The molecule has 5 aliphatic heterocycles. The maximum Gasteiger partial charge on any atom is 0.319 e. The Hall–Kier alpha value is -3.31. The molecule has 13 heteroatoms. The van der Waals surface area contributed by atoms with Crippen LogP contribution in [0, 0.1) is 28.5 Å². The third-order valence-corrected chi connectivity index (χ3v) is 11.7. The van der Waals surface area contributed by atoms with Crippen LogP contribution in [0.4, 0.5) is 14.6 Å². The molecule has 4 saturated heterocycles. The van der Waals surface area contributed by atoms with Gasteiger partial charge in [-0.3, -0.25) is 9.88 Å². The van der Waals surface area contributed by atoms with Gasteiger partial charge in [0.25, 0.3) is 0 Å². The molecule has 0 aromatic carbocycles. The van der Waals surface area contributed by atoms with Gasteiger partial charge in [0.05, 0.1) is 52.7 Å². The van der Waals surface area contributed by atoms with Crippen molar-refractivity contribution in [3.8, 4) is 12.1 Å². The number of halogens is 2. The van der Waals surface area contributed by atoms with E-state index in [2.05, 4.69) is 31.2 Å². The maximum absolute atomic E-state index is 16.7. The number of pyridine rings is 1. The average Bonchev–Trinajstić information content (AvgIpc) is 3.58. The van der Waals surface area contributed by atoms with E-state index in [4.69, 9.17) is 20.2 Å². The van der Waals surface area contributed by atoms with Crippen molar-refractivity contribution in [2.45, 2.75) is 55.2 Å². The van der Waals surface area contributed by atoms with Crippen LogP contribution in [0.1, 0.15) is 31.4 Å². The van der Waals surface area contributed by atoms with Gasteiger partial charge in [-0.2, -0.15) is 15.2 Å². The number of nitrogens with one attached hydrogen (secondary N) is 1. The first-order chi connectivity index (χ1) is 21.4. The second kappa shape index (κ2) is 9.84. The van der Waals surface area contributed by atoms with E-state index in [1.807, 2.05) is 0 Å². The van der Waals surface area contributed by atoms with E-state index in [0.29, 0.717) is 47.6 Å². The van der Waals surface area contributed by atoms with Crippen molar-refractivity contribution >= 4 is 34.1 Å². The number of anilines is 1. The molecule has 0 spiro atoms. The summed E-state index contributed by atoms with van der Waals surface area (Å²) in [4.78, 5) is 18.7. The standard InChI is InChI=1S/C31H32F2N8O2S/c32-20-4-3-17(23-18(7-34)28(35)44-27(20)23)25-24(33)26-19(8-36-25)29(40-9-15-1-2-16(10-40)37-15)39-30(38-26)43-14-31(5-6-31)13-41-11-22-21(41)12-42-22/h3-4,8,15-16,21-23,27,37H,1-2,5-6,9-14,35H2/t15?,16?,21?,22-,23?,27?/m0/s1. The van der Waals surface area contributed by atoms with Gasteiger partial charge in [-0.1, -0.05) is 17.8 Å². The summed E-state index contributed by atoms with van der Waals surface area (Å²) < 4.78 is 43.4. The molecule has 44 heavy (non-hydrogen) atoms. The first kappa shape index (κ1) is 27.0. The first-order valence-electron chi connectivity index (χ1n) is 15.4. The molecule has 5 fully saturated rings. The van der Waals surface area contributed by atoms with Crippen LogP contribution in [-0.2, 0) is 4.74 Å². The van der Waals surface area contributed by atoms with E-state index in [9.17, 15) is 9.65 Å². The molecular formula is C31H32F2N8O2S. The van der Waals surface area contributed by atoms with E-state index in [0.717, 1.165) is 70.2 Å². The van der Waals surface area contributed by atoms with Gasteiger partial charge < -0.3 is 25.4 Å². The van der Waals surface area contributed by atoms with Gasteiger partial charge in [0.2, 0.25) is 0 Å². The molecule has 9 rings (SSSR count). The van der Waals surface area contributed by atoms with Crippen molar-refractivity contribution < 1.29 is 18.3 Å². The Labute approximate surface area is 257 Å². The number of hydrogen-bond acceptors (Lipinski definition) is 11. The van der Waals surface area contributed by atoms with Crippen LogP contribution in [0.25, 0.3) is 16.5 Å². The number of nitrogens with two attached hydrogens (primary N) is 1. The molecular weight excluding hydrogens is 586 g/mol. The largest absolute Gasteiger partial charge is 0.463 e. The fourth-order valence-corrected chi connectivity index (χ4v) is 8.92. The molecule has 2 aromatic rings. The number of allylic oxidation sites excluding steroid dienone is 4. The summed E-state index contributed by atoms with van der Waals surface area (Å²) >= 11 is 1.09.